The lowest BCUT2D eigenvalue weighted by atomic mass is 10.3. The largest absolute Gasteiger partial charge is 0.491 e. The molecule has 0 saturated heterocycles. The van der Waals surface area contributed by atoms with Gasteiger partial charge in [0, 0.05) is 5.02 Å². The fourth-order valence-corrected chi connectivity index (χ4v) is 1.14. The van der Waals surface area contributed by atoms with Crippen LogP contribution in [-0.4, -0.2) is 25.7 Å². The summed E-state index contributed by atoms with van der Waals surface area (Å²) in [5.74, 6) is 0.0684. The predicted octanol–water partition coefficient (Wildman–Crippen LogP) is 1.22. The molecule has 1 atom stereocenters. The van der Waals surface area contributed by atoms with Gasteiger partial charge in [0.1, 0.15) is 18.4 Å². The van der Waals surface area contributed by atoms with Gasteiger partial charge in [0.15, 0.2) is 0 Å². The summed E-state index contributed by atoms with van der Waals surface area (Å²) in [5, 5.41) is 0.569. The molecule has 0 aliphatic rings. The first-order chi connectivity index (χ1) is 7.13. The van der Waals surface area contributed by atoms with Crippen LogP contribution in [0.2, 0.25) is 5.02 Å². The van der Waals surface area contributed by atoms with Crippen molar-refractivity contribution in [2.45, 2.75) is 6.04 Å². The van der Waals surface area contributed by atoms with Gasteiger partial charge in [-0.3, -0.25) is 4.79 Å². The zero-order chi connectivity index (χ0) is 11.3. The van der Waals surface area contributed by atoms with Gasteiger partial charge in [0.05, 0.1) is 7.11 Å². The Morgan fingerprint density at radius 2 is 2.33 bits per heavy atom. The summed E-state index contributed by atoms with van der Waals surface area (Å²) < 4.78 is 9.72. The van der Waals surface area contributed by atoms with Crippen molar-refractivity contribution in [3.63, 3.8) is 0 Å². The molecule has 0 aliphatic carbocycles. The number of methoxy groups -OCH3 is 1. The Labute approximate surface area is 92.9 Å². The lowest BCUT2D eigenvalue weighted by Gasteiger charge is -2.11. The van der Waals surface area contributed by atoms with E-state index in [0.29, 0.717) is 10.8 Å². The summed E-state index contributed by atoms with van der Waals surface area (Å²) in [4.78, 5) is 10.9. The molecule has 15 heavy (non-hydrogen) atoms. The molecule has 1 aromatic carbocycles. The Kier molecular flexibility index (Phi) is 4.39. The predicted molar refractivity (Wildman–Crippen MR) is 56.9 cm³/mol. The van der Waals surface area contributed by atoms with E-state index in [1.54, 1.807) is 24.3 Å². The summed E-state index contributed by atoms with van der Waals surface area (Å²) in [6, 6.07) is 6.08. The number of hydrogen-bond acceptors (Lipinski definition) is 4. The van der Waals surface area contributed by atoms with Gasteiger partial charge < -0.3 is 15.2 Å². The zero-order valence-corrected chi connectivity index (χ0v) is 9.03. The van der Waals surface area contributed by atoms with Crippen molar-refractivity contribution in [2.24, 2.45) is 5.73 Å². The minimum atomic E-state index is -0.783. The molecule has 0 radical (unpaired) electrons. The molecule has 0 aliphatic heterocycles. The molecule has 0 unspecified atom stereocenters. The van der Waals surface area contributed by atoms with E-state index in [1.165, 1.54) is 7.11 Å². The second-order valence-electron chi connectivity index (χ2n) is 2.90. The Balaban J connectivity index is 2.47. The number of nitrogens with two attached hydrogens (primary N) is 1. The van der Waals surface area contributed by atoms with Gasteiger partial charge in [-0.25, -0.2) is 0 Å². The molecule has 0 fully saturated rings. The van der Waals surface area contributed by atoms with Gasteiger partial charge in [-0.15, -0.1) is 0 Å². The number of carbonyl (C=O) groups excluding carboxylic acids is 1. The summed E-state index contributed by atoms with van der Waals surface area (Å²) in [6.07, 6.45) is 0. The van der Waals surface area contributed by atoms with E-state index in [4.69, 9.17) is 22.1 Å². The lowest BCUT2D eigenvalue weighted by Crippen LogP contribution is -2.37. The van der Waals surface area contributed by atoms with Crippen molar-refractivity contribution < 1.29 is 14.3 Å². The van der Waals surface area contributed by atoms with Crippen molar-refractivity contribution in [1.29, 1.82) is 0 Å². The second-order valence-corrected chi connectivity index (χ2v) is 3.33. The van der Waals surface area contributed by atoms with E-state index in [2.05, 4.69) is 4.74 Å². The van der Waals surface area contributed by atoms with Crippen LogP contribution in [0.3, 0.4) is 0 Å². The molecule has 0 spiro atoms. The van der Waals surface area contributed by atoms with Gasteiger partial charge in [-0.1, -0.05) is 17.7 Å². The molecule has 82 valence electrons. The third-order valence-electron chi connectivity index (χ3n) is 1.73. The van der Waals surface area contributed by atoms with Crippen LogP contribution < -0.4 is 10.5 Å². The van der Waals surface area contributed by atoms with Crippen LogP contribution in [0.25, 0.3) is 0 Å². The van der Waals surface area contributed by atoms with Gasteiger partial charge >= 0.3 is 5.97 Å². The third kappa shape index (κ3) is 3.77. The highest BCUT2D eigenvalue weighted by molar-refractivity contribution is 6.30. The fraction of sp³-hybridized carbons (Fsp3) is 0.300. The van der Waals surface area contributed by atoms with E-state index in [0.717, 1.165) is 0 Å². The van der Waals surface area contributed by atoms with Crippen molar-refractivity contribution in [1.82, 2.24) is 0 Å². The minimum Gasteiger partial charge on any atom is -0.491 e. The van der Waals surface area contributed by atoms with Crippen molar-refractivity contribution >= 4 is 17.6 Å². The molecular weight excluding hydrogens is 218 g/mol. The van der Waals surface area contributed by atoms with E-state index in [-0.39, 0.29) is 6.61 Å². The maximum atomic E-state index is 10.9. The average molecular weight is 230 g/mol. The highest BCUT2D eigenvalue weighted by Gasteiger charge is 2.14. The Morgan fingerprint density at radius 1 is 1.60 bits per heavy atom. The van der Waals surface area contributed by atoms with Crippen LogP contribution >= 0.6 is 11.6 Å². The first-order valence-electron chi connectivity index (χ1n) is 4.35. The van der Waals surface area contributed by atoms with E-state index in [9.17, 15) is 4.79 Å². The van der Waals surface area contributed by atoms with Crippen LogP contribution in [-0.2, 0) is 9.53 Å². The number of esters is 1. The normalized spacial score (nSPS) is 11.9. The van der Waals surface area contributed by atoms with E-state index in [1.807, 2.05) is 0 Å². The number of benzene rings is 1. The summed E-state index contributed by atoms with van der Waals surface area (Å²) in [6.45, 7) is 0.0625. The van der Waals surface area contributed by atoms with Crippen LogP contribution in [0, 0.1) is 0 Å². The molecule has 4 nitrogen and oxygen atoms in total. The van der Waals surface area contributed by atoms with Crippen molar-refractivity contribution in [3.8, 4) is 5.75 Å². The summed E-state index contributed by atoms with van der Waals surface area (Å²) in [5.41, 5.74) is 5.48. The Morgan fingerprint density at radius 3 is 2.93 bits per heavy atom. The lowest BCUT2D eigenvalue weighted by molar-refractivity contribution is -0.142. The van der Waals surface area contributed by atoms with E-state index < -0.39 is 12.0 Å². The number of carbonyl (C=O) groups is 1. The van der Waals surface area contributed by atoms with E-state index >= 15 is 0 Å². The molecule has 0 amide bonds. The standard InChI is InChI=1S/C10H12ClNO3/c1-14-10(13)9(12)6-15-8-4-2-3-7(11)5-8/h2-5,9H,6,12H2,1H3/t9-/m0/s1. The molecule has 1 rings (SSSR count). The molecule has 5 heteroatoms. The van der Waals surface area contributed by atoms with Crippen LogP contribution in [0.5, 0.6) is 5.75 Å². The molecule has 0 aromatic heterocycles. The second kappa shape index (κ2) is 5.58. The van der Waals surface area contributed by atoms with Crippen molar-refractivity contribution in [2.75, 3.05) is 13.7 Å². The maximum Gasteiger partial charge on any atom is 0.326 e. The molecule has 0 heterocycles. The number of ether oxygens (including phenoxy) is 2. The summed E-state index contributed by atoms with van der Waals surface area (Å²) in [7, 11) is 1.28. The zero-order valence-electron chi connectivity index (χ0n) is 8.27. The monoisotopic (exact) mass is 229 g/mol. The smallest absolute Gasteiger partial charge is 0.326 e. The topological polar surface area (TPSA) is 61.5 Å². The maximum absolute atomic E-state index is 10.9. The fourth-order valence-electron chi connectivity index (χ4n) is 0.962. The van der Waals surface area contributed by atoms with Gasteiger partial charge in [0.25, 0.3) is 0 Å². The average Bonchev–Trinajstić information content (AvgIpc) is 2.25. The number of hydrogen-bond donors (Lipinski definition) is 1. The summed E-state index contributed by atoms with van der Waals surface area (Å²) >= 11 is 5.75. The quantitative estimate of drug-likeness (QED) is 0.789. The molecule has 0 saturated carbocycles. The van der Waals surface area contributed by atoms with Crippen LogP contribution in [0.4, 0.5) is 0 Å². The van der Waals surface area contributed by atoms with Gasteiger partial charge in [-0.2, -0.15) is 0 Å². The highest BCUT2D eigenvalue weighted by atomic mass is 35.5. The van der Waals surface area contributed by atoms with Gasteiger partial charge in [-0.05, 0) is 18.2 Å². The first-order valence-corrected chi connectivity index (χ1v) is 4.73. The van der Waals surface area contributed by atoms with Gasteiger partial charge in [0.2, 0.25) is 0 Å². The molecule has 1 aromatic rings. The van der Waals surface area contributed by atoms with Crippen molar-refractivity contribution in [3.05, 3.63) is 29.3 Å². The SMILES string of the molecule is COC(=O)[C@@H](N)COc1cccc(Cl)c1. The molecule has 2 N–H and O–H groups in total. The number of halogens is 1. The third-order valence-corrected chi connectivity index (χ3v) is 1.96. The molecular formula is C10H12ClNO3. The molecule has 0 bridgehead atoms. The highest BCUT2D eigenvalue weighted by Crippen LogP contribution is 2.16. The first kappa shape index (κ1) is 11.8. The van der Waals surface area contributed by atoms with Crippen LogP contribution in [0.1, 0.15) is 0 Å². The van der Waals surface area contributed by atoms with Crippen LogP contribution in [0.15, 0.2) is 24.3 Å². The number of rotatable bonds is 4. The Bertz CT molecular complexity index is 343. The minimum absolute atomic E-state index is 0.0625. The Hall–Kier alpha value is -1.26.